The van der Waals surface area contributed by atoms with E-state index in [1.165, 1.54) is 60.1 Å². The summed E-state index contributed by atoms with van der Waals surface area (Å²) in [5.74, 6) is -4.07. The fourth-order valence-electron chi connectivity index (χ4n) is 11.4. The predicted octanol–water partition coefficient (Wildman–Crippen LogP) is 5.39. The van der Waals surface area contributed by atoms with Crippen molar-refractivity contribution in [2.24, 2.45) is 34.7 Å². The number of carbonyl (C=O) groups is 3. The highest BCUT2D eigenvalue weighted by Crippen LogP contribution is 2.42. The number of hydrogen-bond donors (Lipinski definition) is 5. The van der Waals surface area contributed by atoms with Crippen molar-refractivity contribution in [2.75, 3.05) is 34.9 Å². The molecule has 1 unspecified atom stereocenters. The Morgan fingerprint density at radius 3 is 2.17 bits per heavy atom. The van der Waals surface area contributed by atoms with Gasteiger partial charge in [0.25, 0.3) is 0 Å². The van der Waals surface area contributed by atoms with E-state index in [1.54, 1.807) is 48.5 Å². The molecule has 19 nitrogen and oxygen atoms in total. The van der Waals surface area contributed by atoms with Gasteiger partial charge in [0.1, 0.15) is 23.9 Å². The number of ether oxygens (including phenoxy) is 8. The number of likely N-dealkylation sites (N-methyl/N-ethyl adjacent to an activating group) is 1. The number of esters is 2. The summed E-state index contributed by atoms with van der Waals surface area (Å²) in [5.41, 5.74) is 0.577. The van der Waals surface area contributed by atoms with Crippen LogP contribution in [0.15, 0.2) is 5.16 Å². The highest BCUT2D eigenvalue weighted by Gasteiger charge is 2.54. The number of aliphatic hydroxyl groups excluding tert-OH is 1. The van der Waals surface area contributed by atoms with E-state index in [4.69, 9.17) is 42.7 Å². The second kappa shape index (κ2) is 25.8. The van der Waals surface area contributed by atoms with Crippen LogP contribution in [0.1, 0.15) is 147 Å². The van der Waals surface area contributed by atoms with Crippen molar-refractivity contribution in [2.45, 2.75) is 231 Å². The second-order valence-corrected chi connectivity index (χ2v) is 21.4. The van der Waals surface area contributed by atoms with Gasteiger partial charge in [-0.15, -0.1) is 0 Å². The number of cyclic esters (lactones) is 1. The number of rotatable bonds is 15. The molecule has 1 saturated carbocycles. The van der Waals surface area contributed by atoms with Gasteiger partial charge in [-0.25, -0.2) is 10.2 Å². The minimum absolute atomic E-state index is 0.0256. The Morgan fingerprint density at radius 1 is 0.913 bits per heavy atom. The van der Waals surface area contributed by atoms with Crippen molar-refractivity contribution in [3.63, 3.8) is 0 Å². The predicted molar refractivity (Wildman–Crippen MR) is 256 cm³/mol. The number of carbonyl (C=O) groups excluding carboxylic acids is 3. The van der Waals surface area contributed by atoms with E-state index in [0.29, 0.717) is 24.7 Å². The average Bonchev–Trinajstić information content (AvgIpc) is 3.28. The molecule has 0 spiro atoms. The Bertz CT molecular complexity index is 1660. The standard InChI is InChI=1S/C50H90N4O15/c1-16-37-50(11,60)42(56)30(4)39(53-62-24-20-23-35-21-18-17-19-22-35)28(2)26-48(9,59)43(69-46-41(68-47(58)52-51-12)36(54(13)14)25-29(3)63-46)31(5)40(32(6)45(57)66-37)67-38-27-49(10,61-15)44(33(7)64-38)65-34(8)55/h28-33,35-38,40-44,46,51,56,59-60H,16-27H2,1-15H3,(H,52,58)/b53-39+/t28-,29-,30-,31+,32-,33+,36+,37+,38+,40+,41-,42-,43-,44+,46+,48?,49-,50-/m1/s1. The SMILES string of the molecule is CC[C@@H]1OC(=O)[C@H](C)[C@@H](O[C@H]2C[C@@](C)(OC)[C@@H](OC(C)=O)[C@H](C)O2)[C@H](C)[C@@H](O[C@@H]2O[C@H](C)C[C@H](N(C)C)[C@H]2OC(=O)NNC)C(C)(O)C[C@@H](C)/C(=N\OCCCC2CCCCC2)[C@@H](C)[C@@H](O)[C@]1(C)O. The molecule has 4 aliphatic rings. The summed E-state index contributed by atoms with van der Waals surface area (Å²) < 4.78 is 50.7. The minimum Gasteiger partial charge on any atom is -0.459 e. The van der Waals surface area contributed by atoms with Crippen LogP contribution in [-0.4, -0.2) is 163 Å². The molecule has 0 bridgehead atoms. The monoisotopic (exact) mass is 987 g/mol. The van der Waals surface area contributed by atoms with Crippen LogP contribution in [-0.2, 0) is 52.3 Å². The van der Waals surface area contributed by atoms with Crippen LogP contribution >= 0.6 is 0 Å². The molecule has 3 saturated heterocycles. The normalized spacial score (nSPS) is 41.8. The Labute approximate surface area is 411 Å². The van der Waals surface area contributed by atoms with Gasteiger partial charge in [-0.3, -0.25) is 15.0 Å². The highest BCUT2D eigenvalue weighted by molar-refractivity contribution is 5.88. The van der Waals surface area contributed by atoms with Crippen molar-refractivity contribution >= 4 is 23.7 Å². The summed E-state index contributed by atoms with van der Waals surface area (Å²) >= 11 is 0. The molecule has 5 N–H and O–H groups in total. The molecule has 0 radical (unpaired) electrons. The van der Waals surface area contributed by atoms with Crippen LogP contribution in [0.5, 0.6) is 0 Å². The first-order chi connectivity index (χ1) is 32.3. The van der Waals surface area contributed by atoms with E-state index < -0.39 is 114 Å². The van der Waals surface area contributed by atoms with Gasteiger partial charge in [-0.05, 0) is 93.7 Å². The van der Waals surface area contributed by atoms with Gasteiger partial charge in [0.2, 0.25) is 0 Å². The molecule has 1 aliphatic carbocycles. The van der Waals surface area contributed by atoms with Gasteiger partial charge in [0, 0.05) is 45.3 Å². The maximum atomic E-state index is 14.7. The molecule has 69 heavy (non-hydrogen) atoms. The van der Waals surface area contributed by atoms with Crippen LogP contribution in [0.2, 0.25) is 0 Å². The zero-order valence-corrected chi connectivity index (χ0v) is 44.4. The van der Waals surface area contributed by atoms with Gasteiger partial charge in [-0.2, -0.15) is 0 Å². The topological polar surface area (TPSA) is 235 Å². The fraction of sp³-hybridized carbons (Fsp3) is 0.920. The molecule has 0 aromatic carbocycles. The number of amides is 1. The van der Waals surface area contributed by atoms with Gasteiger partial charge in [0.15, 0.2) is 24.8 Å². The van der Waals surface area contributed by atoms with E-state index >= 15 is 0 Å². The van der Waals surface area contributed by atoms with E-state index in [1.807, 2.05) is 32.8 Å². The third kappa shape index (κ3) is 15.2. The molecule has 0 aromatic heterocycles. The molecular formula is C50H90N4O15. The Hall–Kier alpha value is -2.72. The quantitative estimate of drug-likeness (QED) is 0.0599. The number of hydrazine groups is 1. The molecule has 1 amide bonds. The lowest BCUT2D eigenvalue weighted by Gasteiger charge is -2.49. The van der Waals surface area contributed by atoms with Crippen molar-refractivity contribution in [1.29, 1.82) is 0 Å². The first-order valence-electron chi connectivity index (χ1n) is 25.5. The lowest BCUT2D eigenvalue weighted by atomic mass is 9.73. The first kappa shape index (κ1) is 58.8. The molecule has 3 heterocycles. The second-order valence-electron chi connectivity index (χ2n) is 21.4. The molecule has 4 fully saturated rings. The van der Waals surface area contributed by atoms with Crippen LogP contribution in [0.4, 0.5) is 4.79 Å². The van der Waals surface area contributed by atoms with Crippen molar-refractivity contribution in [3.05, 3.63) is 0 Å². The van der Waals surface area contributed by atoms with Crippen LogP contribution < -0.4 is 10.9 Å². The molecule has 3 aliphatic heterocycles. The Balaban J connectivity index is 1.87. The van der Waals surface area contributed by atoms with Crippen LogP contribution in [0, 0.1) is 29.6 Å². The Morgan fingerprint density at radius 2 is 1.58 bits per heavy atom. The molecule has 0 aromatic rings. The maximum absolute atomic E-state index is 14.7. The number of nitrogens with zero attached hydrogens (tertiary/aromatic N) is 2. The number of hydrogen-bond acceptors (Lipinski definition) is 18. The summed E-state index contributed by atoms with van der Waals surface area (Å²) in [5, 5.41) is 42.2. The molecule has 19 heteroatoms. The van der Waals surface area contributed by atoms with Gasteiger partial charge < -0.3 is 63.0 Å². The van der Waals surface area contributed by atoms with Gasteiger partial charge in [0.05, 0.1) is 53.8 Å². The highest BCUT2D eigenvalue weighted by atomic mass is 16.7. The number of methoxy groups -OCH3 is 1. The van der Waals surface area contributed by atoms with Gasteiger partial charge in [-0.1, -0.05) is 65.0 Å². The van der Waals surface area contributed by atoms with Crippen LogP contribution in [0.25, 0.3) is 0 Å². The molecule has 400 valence electrons. The molecule has 18 atom stereocenters. The Kier molecular flexibility index (Phi) is 22.0. The summed E-state index contributed by atoms with van der Waals surface area (Å²) in [6.45, 7) is 18.9. The third-order valence-corrected chi connectivity index (χ3v) is 15.3. The van der Waals surface area contributed by atoms with Crippen molar-refractivity contribution in [3.8, 4) is 0 Å². The number of nitrogens with one attached hydrogen (secondary N) is 2. The van der Waals surface area contributed by atoms with Crippen molar-refractivity contribution < 1.29 is 72.4 Å². The zero-order chi connectivity index (χ0) is 51.6. The lowest BCUT2D eigenvalue weighted by Crippen LogP contribution is -2.62. The maximum Gasteiger partial charge on any atom is 0.422 e. The van der Waals surface area contributed by atoms with Crippen LogP contribution in [0.3, 0.4) is 0 Å². The zero-order valence-electron chi connectivity index (χ0n) is 44.4. The third-order valence-electron chi connectivity index (χ3n) is 15.3. The fourth-order valence-corrected chi connectivity index (χ4v) is 11.4. The molecular weight excluding hydrogens is 897 g/mol. The summed E-state index contributed by atoms with van der Waals surface area (Å²) in [7, 11) is 6.77. The average molecular weight is 987 g/mol. The summed E-state index contributed by atoms with van der Waals surface area (Å²) in [6, 6.07) is -0.385. The molecule has 4 rings (SSSR count). The van der Waals surface area contributed by atoms with Gasteiger partial charge >= 0.3 is 18.0 Å². The summed E-state index contributed by atoms with van der Waals surface area (Å²) in [4.78, 5) is 48.0. The number of oxime groups is 1. The van der Waals surface area contributed by atoms with Crippen molar-refractivity contribution in [1.82, 2.24) is 15.8 Å². The largest absolute Gasteiger partial charge is 0.459 e. The summed E-state index contributed by atoms with van der Waals surface area (Å²) in [6.07, 6.45) is -2.39. The van der Waals surface area contributed by atoms with E-state index in [-0.39, 0.29) is 31.4 Å². The lowest BCUT2D eigenvalue weighted by molar-refractivity contribution is -0.318. The van der Waals surface area contributed by atoms with E-state index in [0.717, 1.165) is 12.8 Å². The minimum atomic E-state index is -1.97. The smallest absolute Gasteiger partial charge is 0.422 e. The van der Waals surface area contributed by atoms with E-state index in [9.17, 15) is 29.7 Å². The van der Waals surface area contributed by atoms with E-state index in [2.05, 4.69) is 16.0 Å². The number of aliphatic hydroxyl groups is 3. The first-order valence-corrected chi connectivity index (χ1v) is 25.5.